The van der Waals surface area contributed by atoms with Gasteiger partial charge in [0.1, 0.15) is 5.54 Å². The van der Waals surface area contributed by atoms with Gasteiger partial charge in [0.15, 0.2) is 0 Å². The van der Waals surface area contributed by atoms with Crippen LogP contribution in [0.4, 0.5) is 4.79 Å². The zero-order valence-corrected chi connectivity index (χ0v) is 14.1. The minimum atomic E-state index is -0.698. The summed E-state index contributed by atoms with van der Waals surface area (Å²) in [5.41, 5.74) is 0.251. The number of hydrogen-bond acceptors (Lipinski definition) is 2. The second kappa shape index (κ2) is 6.60. The number of amides is 3. The third-order valence-corrected chi connectivity index (χ3v) is 4.38. The molecular formula is C16H21BrN2O2. The Morgan fingerprint density at radius 3 is 2.19 bits per heavy atom. The lowest BCUT2D eigenvalue weighted by Crippen LogP contribution is -2.46. The summed E-state index contributed by atoms with van der Waals surface area (Å²) < 4.78 is 0.981. The van der Waals surface area contributed by atoms with Crippen LogP contribution in [0, 0.1) is 0 Å². The first kappa shape index (κ1) is 16.0. The van der Waals surface area contributed by atoms with Crippen molar-refractivity contribution >= 4 is 27.9 Å². The van der Waals surface area contributed by atoms with Gasteiger partial charge in [-0.05, 0) is 30.5 Å². The van der Waals surface area contributed by atoms with E-state index < -0.39 is 5.54 Å². The van der Waals surface area contributed by atoms with E-state index >= 15 is 0 Å². The molecule has 0 saturated carbocycles. The van der Waals surface area contributed by atoms with Crippen molar-refractivity contribution in [1.29, 1.82) is 0 Å². The lowest BCUT2D eigenvalue weighted by atomic mass is 9.88. The summed E-state index contributed by atoms with van der Waals surface area (Å²) in [6.45, 7) is 4.40. The van der Waals surface area contributed by atoms with Crippen LogP contribution in [0.1, 0.15) is 45.1 Å². The van der Waals surface area contributed by atoms with Crippen LogP contribution in [0.25, 0.3) is 0 Å². The first-order chi connectivity index (χ1) is 10.0. The molecule has 0 bridgehead atoms. The number of carbonyl (C=O) groups is 2. The lowest BCUT2D eigenvalue weighted by Gasteiger charge is -2.25. The molecule has 0 radical (unpaired) electrons. The molecule has 4 nitrogen and oxygen atoms in total. The van der Waals surface area contributed by atoms with Gasteiger partial charge in [0.05, 0.1) is 6.54 Å². The predicted octanol–water partition coefficient (Wildman–Crippen LogP) is 3.84. The van der Waals surface area contributed by atoms with Crippen LogP contribution in [0.3, 0.4) is 0 Å². The zero-order chi connectivity index (χ0) is 15.5. The van der Waals surface area contributed by atoms with Gasteiger partial charge in [-0.1, -0.05) is 54.8 Å². The van der Waals surface area contributed by atoms with Gasteiger partial charge >= 0.3 is 6.03 Å². The molecule has 3 amide bonds. The molecule has 5 heteroatoms. The zero-order valence-electron chi connectivity index (χ0n) is 12.5. The minimum Gasteiger partial charge on any atom is -0.323 e. The SMILES string of the molecule is CCCC1(CCC)NC(=O)N(Cc2ccc(Br)cc2)C1=O. The Balaban J connectivity index is 2.19. The van der Waals surface area contributed by atoms with Crippen molar-refractivity contribution in [3.8, 4) is 0 Å². The van der Waals surface area contributed by atoms with Crippen LogP contribution in [0.15, 0.2) is 28.7 Å². The van der Waals surface area contributed by atoms with Crippen LogP contribution in [-0.2, 0) is 11.3 Å². The molecule has 1 saturated heterocycles. The summed E-state index contributed by atoms with van der Waals surface area (Å²) in [5.74, 6) is -0.0841. The third kappa shape index (κ3) is 3.28. The van der Waals surface area contributed by atoms with E-state index in [-0.39, 0.29) is 11.9 Å². The summed E-state index contributed by atoms with van der Waals surface area (Å²) in [4.78, 5) is 26.3. The van der Waals surface area contributed by atoms with E-state index in [1.54, 1.807) is 0 Å². The Kier molecular flexibility index (Phi) is 5.04. The summed E-state index contributed by atoms with van der Waals surface area (Å²) in [6, 6.07) is 7.40. The van der Waals surface area contributed by atoms with Crippen molar-refractivity contribution in [3.63, 3.8) is 0 Å². The summed E-state index contributed by atoms with van der Waals surface area (Å²) >= 11 is 3.38. The molecule has 2 rings (SSSR count). The fourth-order valence-corrected chi connectivity index (χ4v) is 3.17. The van der Waals surface area contributed by atoms with Gasteiger partial charge in [0, 0.05) is 4.47 Å². The second-order valence-electron chi connectivity index (χ2n) is 5.53. The molecule has 21 heavy (non-hydrogen) atoms. The van der Waals surface area contributed by atoms with E-state index in [9.17, 15) is 9.59 Å². The topological polar surface area (TPSA) is 49.4 Å². The second-order valence-corrected chi connectivity index (χ2v) is 6.45. The lowest BCUT2D eigenvalue weighted by molar-refractivity contribution is -0.132. The predicted molar refractivity (Wildman–Crippen MR) is 85.8 cm³/mol. The maximum atomic E-state index is 12.7. The Labute approximate surface area is 134 Å². The number of halogens is 1. The monoisotopic (exact) mass is 352 g/mol. The highest BCUT2D eigenvalue weighted by molar-refractivity contribution is 9.10. The number of benzene rings is 1. The normalized spacial score (nSPS) is 17.2. The van der Waals surface area contributed by atoms with Crippen LogP contribution in [0.5, 0.6) is 0 Å². The Hall–Kier alpha value is -1.36. The Morgan fingerprint density at radius 1 is 1.10 bits per heavy atom. The Morgan fingerprint density at radius 2 is 1.67 bits per heavy atom. The number of nitrogens with zero attached hydrogens (tertiary/aromatic N) is 1. The molecule has 1 heterocycles. The quantitative estimate of drug-likeness (QED) is 0.790. The maximum absolute atomic E-state index is 12.7. The molecule has 0 aliphatic carbocycles. The Bertz CT molecular complexity index is 522. The van der Waals surface area contributed by atoms with Crippen LogP contribution in [-0.4, -0.2) is 22.4 Å². The standard InChI is InChI=1S/C16H21BrN2O2/c1-3-9-16(10-4-2)14(20)19(15(21)18-16)11-12-5-7-13(17)8-6-12/h5-8H,3-4,9-11H2,1-2H3,(H,18,21). The van der Waals surface area contributed by atoms with E-state index in [4.69, 9.17) is 0 Å². The smallest absolute Gasteiger partial charge is 0.323 e. The first-order valence-electron chi connectivity index (χ1n) is 7.41. The molecular weight excluding hydrogens is 332 g/mol. The third-order valence-electron chi connectivity index (χ3n) is 3.85. The number of urea groups is 1. The van der Waals surface area contributed by atoms with Crippen LogP contribution in [0.2, 0.25) is 0 Å². The molecule has 1 aliphatic heterocycles. The van der Waals surface area contributed by atoms with Crippen molar-refractivity contribution < 1.29 is 9.59 Å². The van der Waals surface area contributed by atoms with Crippen molar-refractivity contribution in [2.24, 2.45) is 0 Å². The first-order valence-corrected chi connectivity index (χ1v) is 8.20. The van der Waals surface area contributed by atoms with Gasteiger partial charge < -0.3 is 5.32 Å². The van der Waals surface area contributed by atoms with Crippen molar-refractivity contribution in [1.82, 2.24) is 10.2 Å². The van der Waals surface area contributed by atoms with Gasteiger partial charge in [-0.2, -0.15) is 0 Å². The van der Waals surface area contributed by atoms with Crippen LogP contribution < -0.4 is 5.32 Å². The molecule has 1 aliphatic rings. The fraction of sp³-hybridized carbons (Fsp3) is 0.500. The highest BCUT2D eigenvalue weighted by Crippen LogP contribution is 2.29. The number of nitrogens with one attached hydrogen (secondary N) is 1. The number of hydrogen-bond donors (Lipinski definition) is 1. The van der Waals surface area contributed by atoms with E-state index in [0.29, 0.717) is 19.4 Å². The van der Waals surface area contributed by atoms with Crippen molar-refractivity contribution in [2.75, 3.05) is 0 Å². The number of rotatable bonds is 6. The summed E-state index contributed by atoms with van der Waals surface area (Å²) in [7, 11) is 0. The molecule has 1 N–H and O–H groups in total. The largest absolute Gasteiger partial charge is 0.325 e. The van der Waals surface area contributed by atoms with Gasteiger partial charge in [-0.25, -0.2) is 4.79 Å². The molecule has 1 fully saturated rings. The summed E-state index contributed by atoms with van der Waals surface area (Å²) in [6.07, 6.45) is 3.14. The van der Waals surface area contributed by atoms with E-state index in [0.717, 1.165) is 22.9 Å². The van der Waals surface area contributed by atoms with Gasteiger partial charge in [0.25, 0.3) is 5.91 Å². The van der Waals surface area contributed by atoms with E-state index in [2.05, 4.69) is 21.2 Å². The minimum absolute atomic E-state index is 0.0841. The molecule has 0 aromatic heterocycles. The average Bonchev–Trinajstić information content (AvgIpc) is 2.67. The van der Waals surface area contributed by atoms with Gasteiger partial charge in [-0.3, -0.25) is 9.69 Å². The number of carbonyl (C=O) groups excluding carboxylic acids is 2. The number of imide groups is 1. The van der Waals surface area contributed by atoms with Crippen molar-refractivity contribution in [2.45, 2.75) is 51.6 Å². The highest BCUT2D eigenvalue weighted by Gasteiger charge is 2.49. The van der Waals surface area contributed by atoms with E-state index in [1.807, 2.05) is 38.1 Å². The van der Waals surface area contributed by atoms with Crippen LogP contribution >= 0.6 is 15.9 Å². The molecule has 0 atom stereocenters. The average molecular weight is 353 g/mol. The summed E-state index contributed by atoms with van der Waals surface area (Å²) in [5, 5.41) is 2.93. The van der Waals surface area contributed by atoms with Crippen molar-refractivity contribution in [3.05, 3.63) is 34.3 Å². The molecule has 1 aromatic rings. The van der Waals surface area contributed by atoms with E-state index in [1.165, 1.54) is 4.90 Å². The highest BCUT2D eigenvalue weighted by atomic mass is 79.9. The van der Waals surface area contributed by atoms with Gasteiger partial charge in [0.2, 0.25) is 0 Å². The maximum Gasteiger partial charge on any atom is 0.325 e. The molecule has 0 spiro atoms. The molecule has 1 aromatic carbocycles. The molecule has 114 valence electrons. The van der Waals surface area contributed by atoms with Gasteiger partial charge in [-0.15, -0.1) is 0 Å². The molecule has 0 unspecified atom stereocenters. The fourth-order valence-electron chi connectivity index (χ4n) is 2.91.